The van der Waals surface area contributed by atoms with Crippen molar-refractivity contribution in [3.63, 3.8) is 0 Å². The van der Waals surface area contributed by atoms with Gasteiger partial charge in [0.25, 0.3) is 0 Å². The second-order valence-corrected chi connectivity index (χ2v) is 0.469. The molecule has 0 saturated carbocycles. The van der Waals surface area contributed by atoms with Crippen LogP contribution < -0.4 is 0 Å². The quantitative estimate of drug-likeness (QED) is 0.255. The molecule has 0 saturated heterocycles. The minimum atomic E-state index is 0. The van der Waals surface area contributed by atoms with Gasteiger partial charge in [0.15, 0.2) is 0 Å². The summed E-state index contributed by atoms with van der Waals surface area (Å²) < 4.78 is 0. The fourth-order valence-corrected chi connectivity index (χ4v) is 0. The first-order chi connectivity index (χ1) is 3.33. The monoisotopic (exact) mass is 546 g/mol. The maximum Gasteiger partial charge on any atom is 0 e. The molecule has 9 heteroatoms. The summed E-state index contributed by atoms with van der Waals surface area (Å²) in [5.41, 5.74) is 0. The van der Waals surface area contributed by atoms with Crippen molar-refractivity contribution in [2.45, 2.75) is 6.92 Å². The number of rotatable bonds is 0. The Morgan fingerprint density at radius 3 is 1.08 bits per heavy atom. The molecule has 4 nitrogen and oxygen atoms in total. The molecule has 0 fully saturated rings. The average Bonchev–Trinajstić information content (AvgIpc) is 1.69. The Morgan fingerprint density at radius 2 is 1.08 bits per heavy atom. The number of hydrogen-bond donors (Lipinski definition) is 0. The Bertz CT molecular complexity index is 60.7. The molecule has 0 aliphatic heterocycles. The van der Waals surface area contributed by atoms with E-state index in [0.29, 0.717) is 0 Å². The fraction of sp³-hybridized carbons (Fsp3) is 0.333. The van der Waals surface area contributed by atoms with E-state index in [1.807, 2.05) is 0 Å². The van der Waals surface area contributed by atoms with Crippen LogP contribution in [0.25, 0.3) is 0 Å². The van der Waals surface area contributed by atoms with Gasteiger partial charge in [0.05, 0.1) is 0 Å². The topological polar surface area (TPSA) is 70.8 Å². The van der Waals surface area contributed by atoms with Gasteiger partial charge in [-0.3, -0.25) is 0 Å². The smallest absolute Gasteiger partial charge is 0 e. The fourth-order valence-electron chi connectivity index (χ4n) is 0. The molecule has 0 aromatic rings. The third kappa shape index (κ3) is 87.9. The Balaban J connectivity index is -0.00000000597. The van der Waals surface area contributed by atoms with Crippen LogP contribution in [0.3, 0.4) is 0 Å². The van der Waals surface area contributed by atoms with Crippen molar-refractivity contribution < 1.29 is 164 Å². The molecule has 0 unspecified atom stereocenters. The molecule has 0 amide bonds. The van der Waals surface area contributed by atoms with E-state index < -0.39 is 0 Å². The zero-order chi connectivity index (χ0) is 6.12. The molecule has 0 bridgehead atoms. The van der Waals surface area contributed by atoms with Gasteiger partial charge in [-0.25, -0.2) is 0 Å². The van der Waals surface area contributed by atoms with E-state index in [2.05, 4.69) is 11.9 Å². The van der Waals surface area contributed by atoms with E-state index in [9.17, 15) is 0 Å². The minimum Gasteiger partial charge on any atom is -0.825 e. The van der Waals surface area contributed by atoms with Crippen molar-refractivity contribution in [1.82, 2.24) is 0 Å². The van der Waals surface area contributed by atoms with Crippen LogP contribution in [0.15, 0.2) is 10.3 Å². The van der Waals surface area contributed by atoms with Crippen molar-refractivity contribution in [3.05, 3.63) is 10.4 Å². The van der Waals surface area contributed by atoms with Crippen molar-refractivity contribution in [2.75, 3.05) is 0 Å². The van der Waals surface area contributed by atoms with Crippen LogP contribution >= 0.6 is 0 Å². The summed E-state index contributed by atoms with van der Waals surface area (Å²) in [6, 6.07) is 0. The summed E-state index contributed by atoms with van der Waals surface area (Å²) in [4.78, 5) is 0. The van der Waals surface area contributed by atoms with Crippen LogP contribution in [0.1, 0.15) is 6.92 Å². The van der Waals surface area contributed by atoms with Crippen LogP contribution in [-0.2, 0) is 164 Å². The predicted molar refractivity (Wildman–Crippen MR) is 29.4 cm³/mol. The van der Waals surface area contributed by atoms with E-state index in [0.717, 1.165) is 0 Å². The molecule has 12 heavy (non-hydrogen) atoms. The second kappa shape index (κ2) is 58.1. The third-order valence-corrected chi connectivity index (χ3v) is 0.105. The minimum absolute atomic E-state index is 0. The molecule has 0 aromatic carbocycles. The van der Waals surface area contributed by atoms with Gasteiger partial charge in [-0.1, -0.05) is 0 Å². The third-order valence-electron chi connectivity index (χ3n) is 0.105. The normalized spacial score (nSPS) is 4.08. The number of nitrogens with zero attached hydrogens (tertiary/aromatic N) is 2. The summed E-state index contributed by atoms with van der Waals surface area (Å²) >= 11 is 0. The molecular weight excluding hydrogens is 541 g/mol. The van der Waals surface area contributed by atoms with Crippen molar-refractivity contribution in [2.24, 2.45) is 10.3 Å². The zero-order valence-electron chi connectivity index (χ0n) is 6.75. The Kier molecular flexibility index (Phi) is 213. The van der Waals surface area contributed by atoms with E-state index >= 15 is 0 Å². The summed E-state index contributed by atoms with van der Waals surface area (Å²) in [6.07, 6.45) is 1.19. The van der Waals surface area contributed by atoms with Gasteiger partial charge >= 0.3 is 0 Å². The van der Waals surface area contributed by atoms with Gasteiger partial charge in [-0.05, 0) is 13.1 Å². The summed E-state index contributed by atoms with van der Waals surface area (Å²) in [5.74, 6) is 0. The average molecular weight is 546 g/mol. The van der Waals surface area contributed by atoms with Gasteiger partial charge in [0.2, 0.25) is 0 Å². The van der Waals surface area contributed by atoms with Gasteiger partial charge in [-0.2, -0.15) is 0 Å². The molecule has 57 valence electrons. The molecule has 0 N–H and O–H groups in total. The van der Waals surface area contributed by atoms with Gasteiger partial charge in [-0.15, -0.1) is 0 Å². The molecule has 0 aliphatic carbocycles. The van der Waals surface area contributed by atoms with Gasteiger partial charge in [0.1, 0.15) is 0 Å². The molecule has 0 aromatic heterocycles. The molecule has 0 spiro atoms. The first kappa shape index (κ1) is 44.0. The summed E-state index contributed by atoms with van der Waals surface area (Å²) in [6.45, 7) is 5.49. The first-order valence-corrected chi connectivity index (χ1v) is 1.46. The molecule has 0 rings (SSSR count). The van der Waals surface area contributed by atoms with Crippen molar-refractivity contribution in [1.29, 1.82) is 0 Å². The SMILES string of the molecule is C/C=N/[O-].[CH-]=N[O-].[Y].[Y].[Y].[Y].[Y]. The molecule has 0 heterocycles. The zero-order valence-corrected chi connectivity index (χ0v) is 20.9. The van der Waals surface area contributed by atoms with Crippen LogP contribution in [0.5, 0.6) is 0 Å². The number of hydrogen-bond acceptors (Lipinski definition) is 4. The summed E-state index contributed by atoms with van der Waals surface area (Å²) in [7, 11) is 0. The van der Waals surface area contributed by atoms with Crippen LogP contribution in [-0.4, -0.2) is 12.9 Å². The van der Waals surface area contributed by atoms with Crippen molar-refractivity contribution >= 4 is 12.9 Å². The maximum absolute atomic E-state index is 8.87. The first-order valence-electron chi connectivity index (χ1n) is 1.46. The van der Waals surface area contributed by atoms with E-state index in [1.165, 1.54) is 6.21 Å². The molecule has 0 aliphatic rings. The van der Waals surface area contributed by atoms with E-state index in [4.69, 9.17) is 10.4 Å². The van der Waals surface area contributed by atoms with Crippen LogP contribution in [0.2, 0.25) is 0 Å². The van der Waals surface area contributed by atoms with Crippen LogP contribution in [0.4, 0.5) is 0 Å². The van der Waals surface area contributed by atoms with E-state index in [-0.39, 0.29) is 164 Å². The van der Waals surface area contributed by atoms with Crippen molar-refractivity contribution in [3.8, 4) is 0 Å². The maximum atomic E-state index is 8.87. The van der Waals surface area contributed by atoms with Crippen LogP contribution in [0, 0.1) is 10.4 Å². The second-order valence-electron chi connectivity index (χ2n) is 0.469. The molecule has 5 radical (unpaired) electrons. The molecule has 0 atom stereocenters. The largest absolute Gasteiger partial charge is 0.825 e. The standard InChI is InChI=1S/C2H5NO.CH2NO.5Y/c1-2-3-4;1-2-3;;;;;/h2,4H,1H3;1,3H;;;;;/q;-1;;;;;/p-2/b3-2+;;;;;;. The Hall–Kier alpha value is 4.46. The Labute approximate surface area is 199 Å². The predicted octanol–water partition coefficient (Wildman–Crippen LogP) is 0.624. The molecular formula is C3H5N2O2Y5-3. The van der Waals surface area contributed by atoms with E-state index in [1.54, 1.807) is 12.1 Å². The Morgan fingerprint density at radius 1 is 1.00 bits per heavy atom. The van der Waals surface area contributed by atoms with Gasteiger partial charge in [0, 0.05) is 164 Å². The van der Waals surface area contributed by atoms with Gasteiger partial charge < -0.3 is 27.4 Å². The summed E-state index contributed by atoms with van der Waals surface area (Å²) in [5, 5.41) is 21.3.